The molecule has 0 saturated carbocycles. The van der Waals surface area contributed by atoms with E-state index in [1.54, 1.807) is 0 Å². The van der Waals surface area contributed by atoms with Crippen molar-refractivity contribution >= 4 is 30.4 Å². The van der Waals surface area contributed by atoms with E-state index in [-0.39, 0.29) is 6.10 Å². The highest BCUT2D eigenvalue weighted by Crippen LogP contribution is 2.43. The van der Waals surface area contributed by atoms with Crippen molar-refractivity contribution in [3.05, 3.63) is 47.5 Å². The first-order chi connectivity index (χ1) is 10.3. The largest absolute Gasteiger partial charge is 0.369 e. The van der Waals surface area contributed by atoms with Gasteiger partial charge >= 0.3 is 0 Å². The first kappa shape index (κ1) is 15.1. The van der Waals surface area contributed by atoms with Gasteiger partial charge in [0.05, 0.1) is 18.3 Å². The van der Waals surface area contributed by atoms with Gasteiger partial charge in [-0.05, 0) is 35.7 Å². The monoisotopic (exact) mass is 324 g/mol. The molecular weight excluding hydrogens is 308 g/mol. The molecule has 1 saturated heterocycles. The van der Waals surface area contributed by atoms with Crippen LogP contribution in [0.1, 0.15) is 12.0 Å². The molecule has 1 atom stereocenters. The molecule has 4 nitrogen and oxygen atoms in total. The minimum absolute atomic E-state index is 0.176. The normalized spacial score (nSPS) is 24.6. The van der Waals surface area contributed by atoms with Crippen LogP contribution in [0.3, 0.4) is 0 Å². The van der Waals surface area contributed by atoms with Gasteiger partial charge in [0.25, 0.3) is 0 Å². The fourth-order valence-electron chi connectivity index (χ4n) is 2.30. The quantitative estimate of drug-likeness (QED) is 0.626. The number of carbonyl (C=O) groups excluding carboxylic acids is 1. The highest BCUT2D eigenvalue weighted by atomic mass is 32.2. The van der Waals surface area contributed by atoms with Gasteiger partial charge in [-0.3, -0.25) is 13.2 Å². The van der Waals surface area contributed by atoms with Crippen LogP contribution in [0.25, 0.3) is 0 Å². The van der Waals surface area contributed by atoms with Gasteiger partial charge in [-0.2, -0.15) is 0 Å². The van der Waals surface area contributed by atoms with Crippen LogP contribution in [-0.2, 0) is 24.5 Å². The zero-order valence-corrected chi connectivity index (χ0v) is 13.0. The predicted octanol–water partition coefficient (Wildman–Crippen LogP) is 3.14. The highest BCUT2D eigenvalue weighted by molar-refractivity contribution is 7.98. The van der Waals surface area contributed by atoms with Crippen molar-refractivity contribution in [1.29, 1.82) is 0 Å². The van der Waals surface area contributed by atoms with E-state index in [4.69, 9.17) is 13.1 Å². The Kier molecular flexibility index (Phi) is 5.03. The lowest BCUT2D eigenvalue weighted by molar-refractivity contribution is -0.112. The molecular formula is C15H16O4S2. The Morgan fingerprint density at radius 2 is 1.95 bits per heavy atom. The topological polar surface area (TPSA) is 44.8 Å². The van der Waals surface area contributed by atoms with Crippen molar-refractivity contribution in [1.82, 2.24) is 0 Å². The molecule has 0 bridgehead atoms. The lowest BCUT2D eigenvalue weighted by atomic mass is 10.1. The summed E-state index contributed by atoms with van der Waals surface area (Å²) in [4.78, 5) is 11.3. The molecule has 1 aliphatic heterocycles. The first-order valence-electron chi connectivity index (χ1n) is 6.77. The van der Waals surface area contributed by atoms with Gasteiger partial charge in [-0.1, -0.05) is 30.3 Å². The summed E-state index contributed by atoms with van der Waals surface area (Å²) in [5.74, 6) is 0.719. The fourth-order valence-corrected chi connectivity index (χ4v) is 3.83. The molecule has 0 N–H and O–H groups in total. The average Bonchev–Trinajstić information content (AvgIpc) is 2.69. The predicted molar refractivity (Wildman–Crippen MR) is 83.6 cm³/mol. The number of ether oxygens (including phenoxy) is 1. The molecule has 3 rings (SSSR count). The van der Waals surface area contributed by atoms with Gasteiger partial charge in [-0.25, -0.2) is 0 Å². The zero-order chi connectivity index (χ0) is 14.5. The van der Waals surface area contributed by atoms with Gasteiger partial charge in [0.2, 0.25) is 5.79 Å². The maximum Gasteiger partial charge on any atom is 0.225 e. The second kappa shape index (κ2) is 6.98. The highest BCUT2D eigenvalue weighted by Gasteiger charge is 2.46. The second-order valence-electron chi connectivity index (χ2n) is 4.84. The third-order valence-corrected chi connectivity index (χ3v) is 5.12. The summed E-state index contributed by atoms with van der Waals surface area (Å²) >= 11 is 2.69. The minimum Gasteiger partial charge on any atom is -0.369 e. The second-order valence-corrected chi connectivity index (χ2v) is 6.46. The molecule has 1 heterocycles. The van der Waals surface area contributed by atoms with Crippen molar-refractivity contribution in [2.45, 2.75) is 24.9 Å². The summed E-state index contributed by atoms with van der Waals surface area (Å²) in [7, 11) is 0. The first-order valence-corrected chi connectivity index (χ1v) is 8.59. The minimum atomic E-state index is -0.963. The van der Waals surface area contributed by atoms with Crippen LogP contribution in [0, 0.1) is 0 Å². The number of benzene rings is 1. The SMILES string of the molecule is O=CC1=C[C@H](OCc2ccccc2)CC12OSCCSO2. The van der Waals surface area contributed by atoms with E-state index in [0.29, 0.717) is 18.6 Å². The Hall–Kier alpha value is -0.790. The number of carbonyl (C=O) groups is 1. The summed E-state index contributed by atoms with van der Waals surface area (Å²) in [5.41, 5.74) is 1.62. The van der Waals surface area contributed by atoms with Crippen LogP contribution < -0.4 is 0 Å². The zero-order valence-electron chi connectivity index (χ0n) is 11.4. The summed E-state index contributed by atoms with van der Waals surface area (Å²) in [5, 5.41) is 0. The van der Waals surface area contributed by atoms with E-state index in [1.165, 1.54) is 24.1 Å². The summed E-state index contributed by atoms with van der Waals surface area (Å²) in [6, 6.07) is 9.96. The van der Waals surface area contributed by atoms with Crippen LogP contribution in [0.15, 0.2) is 42.0 Å². The Labute approximate surface area is 132 Å². The van der Waals surface area contributed by atoms with E-state index in [0.717, 1.165) is 23.4 Å². The molecule has 112 valence electrons. The van der Waals surface area contributed by atoms with E-state index in [1.807, 2.05) is 36.4 Å². The van der Waals surface area contributed by atoms with Gasteiger partial charge in [0.15, 0.2) is 6.29 Å². The Morgan fingerprint density at radius 1 is 1.24 bits per heavy atom. The van der Waals surface area contributed by atoms with E-state index < -0.39 is 5.79 Å². The van der Waals surface area contributed by atoms with Crippen LogP contribution in [0.2, 0.25) is 0 Å². The Bertz CT molecular complexity index is 510. The van der Waals surface area contributed by atoms with Gasteiger partial charge in [0, 0.05) is 17.9 Å². The molecule has 0 aromatic heterocycles. The van der Waals surface area contributed by atoms with Crippen LogP contribution >= 0.6 is 24.1 Å². The molecule has 1 spiro atoms. The molecule has 1 aliphatic carbocycles. The van der Waals surface area contributed by atoms with Gasteiger partial charge < -0.3 is 4.74 Å². The molecule has 1 aromatic rings. The maximum atomic E-state index is 11.3. The molecule has 0 radical (unpaired) electrons. The van der Waals surface area contributed by atoms with Gasteiger partial charge in [-0.15, -0.1) is 0 Å². The van der Waals surface area contributed by atoms with Crippen molar-refractivity contribution in [2.24, 2.45) is 0 Å². The van der Waals surface area contributed by atoms with E-state index in [2.05, 4.69) is 0 Å². The van der Waals surface area contributed by atoms with Crippen LogP contribution in [0.5, 0.6) is 0 Å². The molecule has 21 heavy (non-hydrogen) atoms. The van der Waals surface area contributed by atoms with Crippen molar-refractivity contribution in [3.63, 3.8) is 0 Å². The number of hydrogen-bond donors (Lipinski definition) is 0. The number of rotatable bonds is 4. The fraction of sp³-hybridized carbons (Fsp3) is 0.400. The lowest BCUT2D eigenvalue weighted by Crippen LogP contribution is -2.33. The third kappa shape index (κ3) is 3.52. The summed E-state index contributed by atoms with van der Waals surface area (Å²) in [6.45, 7) is 0.504. The van der Waals surface area contributed by atoms with Crippen molar-refractivity contribution in [2.75, 3.05) is 11.5 Å². The molecule has 2 aliphatic rings. The average molecular weight is 324 g/mol. The lowest BCUT2D eigenvalue weighted by Gasteiger charge is -2.26. The summed E-state index contributed by atoms with van der Waals surface area (Å²) < 4.78 is 17.3. The third-order valence-electron chi connectivity index (χ3n) is 3.35. The van der Waals surface area contributed by atoms with Crippen LogP contribution in [0.4, 0.5) is 0 Å². The van der Waals surface area contributed by atoms with Crippen molar-refractivity contribution in [3.8, 4) is 0 Å². The maximum absolute atomic E-state index is 11.3. The molecule has 0 unspecified atom stereocenters. The molecule has 1 fully saturated rings. The van der Waals surface area contributed by atoms with Gasteiger partial charge in [0.1, 0.15) is 0 Å². The van der Waals surface area contributed by atoms with E-state index in [9.17, 15) is 4.79 Å². The summed E-state index contributed by atoms with van der Waals surface area (Å²) in [6.07, 6.45) is 2.94. The smallest absolute Gasteiger partial charge is 0.225 e. The number of aldehydes is 1. The Morgan fingerprint density at radius 3 is 2.62 bits per heavy atom. The van der Waals surface area contributed by atoms with Crippen molar-refractivity contribution < 1.29 is 17.9 Å². The molecule has 0 amide bonds. The molecule has 1 aromatic carbocycles. The molecule has 6 heteroatoms. The Balaban J connectivity index is 1.66. The number of hydrogen-bond acceptors (Lipinski definition) is 6. The standard InChI is InChI=1S/C15H16O4S2/c16-10-13-8-14(17-11-12-4-2-1-3-5-12)9-15(13)18-20-6-7-21-19-15/h1-5,8,10,14H,6-7,9,11H2/t14-/m0/s1. The van der Waals surface area contributed by atoms with E-state index >= 15 is 0 Å². The van der Waals surface area contributed by atoms with Crippen LogP contribution in [-0.4, -0.2) is 29.7 Å².